The number of aliphatic imine (C=N–C) groups is 1. The van der Waals surface area contributed by atoms with Crippen molar-refractivity contribution in [3.63, 3.8) is 0 Å². The third-order valence-electron chi connectivity index (χ3n) is 5.49. The smallest absolute Gasteiger partial charge is 0.283 e. The van der Waals surface area contributed by atoms with Gasteiger partial charge in [-0.25, -0.2) is 4.99 Å². The van der Waals surface area contributed by atoms with Gasteiger partial charge in [0, 0.05) is 5.75 Å². The lowest BCUT2D eigenvalue weighted by atomic mass is 10.1. The predicted molar refractivity (Wildman–Crippen MR) is 136 cm³/mol. The molecule has 1 amide bonds. The molecule has 7 heteroatoms. The summed E-state index contributed by atoms with van der Waals surface area (Å²) in [5.74, 6) is 2.73. The fraction of sp³-hybridized carbons (Fsp3) is 0.185. The van der Waals surface area contributed by atoms with Crippen LogP contribution in [0.5, 0.6) is 17.2 Å². The van der Waals surface area contributed by atoms with Crippen molar-refractivity contribution in [2.75, 3.05) is 24.1 Å². The maximum Gasteiger partial charge on any atom is 0.283 e. The predicted octanol–water partition coefficient (Wildman–Crippen LogP) is 5.59. The Kier molecular flexibility index (Phi) is 6.27. The monoisotopic (exact) mass is 472 g/mol. The van der Waals surface area contributed by atoms with Gasteiger partial charge in [0.1, 0.15) is 11.4 Å². The number of nitrogens with zero attached hydrogens (tertiary/aromatic N) is 2. The Morgan fingerprint density at radius 2 is 1.82 bits per heavy atom. The molecule has 5 rings (SSSR count). The van der Waals surface area contributed by atoms with E-state index in [4.69, 9.17) is 14.2 Å². The second-order valence-electron chi connectivity index (χ2n) is 7.98. The topological polar surface area (TPSA) is 60.4 Å². The first-order valence-corrected chi connectivity index (χ1v) is 12.0. The molecule has 172 valence electrons. The van der Waals surface area contributed by atoms with Crippen LogP contribution in [-0.4, -0.2) is 30.2 Å². The molecule has 0 atom stereocenters. The molecule has 0 aromatic heterocycles. The highest BCUT2D eigenvalue weighted by molar-refractivity contribution is 8.14. The average molecular weight is 473 g/mol. The van der Waals surface area contributed by atoms with Crippen molar-refractivity contribution < 1.29 is 19.0 Å². The summed E-state index contributed by atoms with van der Waals surface area (Å²) in [5, 5.41) is 0.634. The Bertz CT molecular complexity index is 1280. The number of hydrogen-bond donors (Lipinski definition) is 0. The van der Waals surface area contributed by atoms with E-state index in [-0.39, 0.29) is 12.7 Å². The summed E-state index contributed by atoms with van der Waals surface area (Å²) >= 11 is 1.50. The highest BCUT2D eigenvalue weighted by atomic mass is 32.2. The standard InChI is InChI=1S/C27H24N2O4S/c1-18-7-10-21(11-8-18)29-26(30)22(15-20-9-12-24-25(16-20)33-17-32-24)28-27(29)34-14-13-31-23-6-4-3-5-19(23)2/h3-12,15-16H,13-14,17H2,1-2H3/b22-15+. The second-order valence-corrected chi connectivity index (χ2v) is 9.04. The Hall–Kier alpha value is -3.71. The first kappa shape index (κ1) is 22.1. The number of thioether (sulfide) groups is 1. The van der Waals surface area contributed by atoms with Crippen molar-refractivity contribution >= 4 is 34.6 Å². The van der Waals surface area contributed by atoms with Crippen LogP contribution in [0.25, 0.3) is 6.08 Å². The minimum Gasteiger partial charge on any atom is -0.492 e. The van der Waals surface area contributed by atoms with E-state index in [0.29, 0.717) is 34.7 Å². The van der Waals surface area contributed by atoms with Crippen LogP contribution in [0, 0.1) is 13.8 Å². The van der Waals surface area contributed by atoms with Crippen LogP contribution >= 0.6 is 11.8 Å². The molecule has 0 aliphatic carbocycles. The molecule has 0 saturated carbocycles. The molecule has 0 saturated heterocycles. The summed E-state index contributed by atoms with van der Waals surface area (Å²) in [6.07, 6.45) is 1.78. The highest BCUT2D eigenvalue weighted by Crippen LogP contribution is 2.34. The molecule has 0 radical (unpaired) electrons. The van der Waals surface area contributed by atoms with Gasteiger partial charge in [-0.15, -0.1) is 0 Å². The van der Waals surface area contributed by atoms with E-state index in [2.05, 4.69) is 4.99 Å². The van der Waals surface area contributed by atoms with Gasteiger partial charge in [0.25, 0.3) is 5.91 Å². The Balaban J connectivity index is 1.36. The van der Waals surface area contributed by atoms with Gasteiger partial charge in [-0.05, 0) is 61.4 Å². The molecular formula is C27H24N2O4S. The Labute approximate surface area is 202 Å². The summed E-state index contributed by atoms with van der Waals surface area (Å²) in [6, 6.07) is 21.4. The number of ether oxygens (including phenoxy) is 3. The van der Waals surface area contributed by atoms with Crippen LogP contribution in [0.3, 0.4) is 0 Å². The van der Waals surface area contributed by atoms with Crippen LogP contribution < -0.4 is 19.1 Å². The van der Waals surface area contributed by atoms with Crippen molar-refractivity contribution in [2.45, 2.75) is 13.8 Å². The van der Waals surface area contributed by atoms with E-state index in [9.17, 15) is 4.79 Å². The van der Waals surface area contributed by atoms with E-state index in [1.165, 1.54) is 11.8 Å². The van der Waals surface area contributed by atoms with Crippen molar-refractivity contribution in [3.05, 3.63) is 89.1 Å². The number of carbonyl (C=O) groups is 1. The largest absolute Gasteiger partial charge is 0.492 e. The molecule has 2 heterocycles. The number of amides is 1. The summed E-state index contributed by atoms with van der Waals surface area (Å²) in [5.41, 5.74) is 4.22. The number of amidine groups is 1. The van der Waals surface area contributed by atoms with Crippen LogP contribution in [0.4, 0.5) is 5.69 Å². The first-order chi connectivity index (χ1) is 16.6. The zero-order chi connectivity index (χ0) is 23.5. The van der Waals surface area contributed by atoms with Crippen molar-refractivity contribution in [1.82, 2.24) is 0 Å². The first-order valence-electron chi connectivity index (χ1n) is 11.0. The summed E-state index contributed by atoms with van der Waals surface area (Å²) < 4.78 is 16.8. The fourth-order valence-electron chi connectivity index (χ4n) is 3.68. The lowest BCUT2D eigenvalue weighted by Gasteiger charge is -2.18. The minimum absolute atomic E-state index is 0.163. The van der Waals surface area contributed by atoms with Crippen molar-refractivity contribution in [3.8, 4) is 17.2 Å². The van der Waals surface area contributed by atoms with Crippen LogP contribution in [0.2, 0.25) is 0 Å². The maximum absolute atomic E-state index is 13.4. The lowest BCUT2D eigenvalue weighted by molar-refractivity contribution is -0.113. The molecule has 0 spiro atoms. The van der Waals surface area contributed by atoms with Crippen LogP contribution in [-0.2, 0) is 4.79 Å². The van der Waals surface area contributed by atoms with Gasteiger partial charge in [0.2, 0.25) is 6.79 Å². The number of para-hydroxylation sites is 1. The Morgan fingerprint density at radius 3 is 2.65 bits per heavy atom. The van der Waals surface area contributed by atoms with E-state index < -0.39 is 0 Å². The highest BCUT2D eigenvalue weighted by Gasteiger charge is 2.32. The molecule has 0 unspecified atom stereocenters. The quantitative estimate of drug-likeness (QED) is 0.346. The summed E-state index contributed by atoms with van der Waals surface area (Å²) in [7, 11) is 0. The minimum atomic E-state index is -0.163. The fourth-order valence-corrected chi connectivity index (χ4v) is 4.51. The zero-order valence-electron chi connectivity index (χ0n) is 19.0. The van der Waals surface area contributed by atoms with Crippen molar-refractivity contribution in [2.24, 2.45) is 4.99 Å². The molecule has 3 aromatic rings. The Morgan fingerprint density at radius 1 is 1.03 bits per heavy atom. The van der Waals surface area contributed by atoms with Crippen molar-refractivity contribution in [1.29, 1.82) is 0 Å². The van der Waals surface area contributed by atoms with Gasteiger partial charge in [0.15, 0.2) is 16.7 Å². The summed E-state index contributed by atoms with van der Waals surface area (Å²) in [4.78, 5) is 19.7. The van der Waals surface area contributed by atoms with E-state index >= 15 is 0 Å². The van der Waals surface area contributed by atoms with E-state index in [1.807, 2.05) is 80.6 Å². The van der Waals surface area contributed by atoms with Gasteiger partial charge in [-0.2, -0.15) is 0 Å². The molecule has 2 aliphatic heterocycles. The molecule has 3 aromatic carbocycles. The van der Waals surface area contributed by atoms with Crippen LogP contribution in [0.1, 0.15) is 16.7 Å². The number of anilines is 1. The number of hydrogen-bond acceptors (Lipinski definition) is 6. The van der Waals surface area contributed by atoms with E-state index in [1.54, 1.807) is 11.0 Å². The number of fused-ring (bicyclic) bond motifs is 1. The van der Waals surface area contributed by atoms with Crippen LogP contribution in [0.15, 0.2) is 77.4 Å². The molecule has 2 aliphatic rings. The summed E-state index contributed by atoms with van der Waals surface area (Å²) in [6.45, 7) is 4.76. The number of benzene rings is 3. The van der Waals surface area contributed by atoms with Gasteiger partial charge in [-0.3, -0.25) is 9.69 Å². The molecule has 6 nitrogen and oxygen atoms in total. The van der Waals surface area contributed by atoms with Gasteiger partial charge < -0.3 is 14.2 Å². The third-order valence-corrected chi connectivity index (χ3v) is 6.39. The van der Waals surface area contributed by atoms with Gasteiger partial charge in [-0.1, -0.05) is 53.7 Å². The van der Waals surface area contributed by atoms with E-state index in [0.717, 1.165) is 28.1 Å². The number of aryl methyl sites for hydroxylation is 2. The molecule has 0 bridgehead atoms. The molecule has 0 N–H and O–H groups in total. The zero-order valence-corrected chi connectivity index (χ0v) is 19.8. The van der Waals surface area contributed by atoms with Gasteiger partial charge in [0.05, 0.1) is 12.3 Å². The second kappa shape index (κ2) is 9.65. The van der Waals surface area contributed by atoms with Gasteiger partial charge >= 0.3 is 0 Å². The third kappa shape index (κ3) is 4.65. The molecule has 34 heavy (non-hydrogen) atoms. The normalized spacial score (nSPS) is 15.7. The molecule has 0 fully saturated rings. The number of rotatable bonds is 6. The SMILES string of the molecule is Cc1ccc(N2C(=O)/C(=C\c3ccc4c(c3)OCO4)N=C2SCCOc2ccccc2C)cc1. The average Bonchev–Trinajstić information content (AvgIpc) is 3.42. The maximum atomic E-state index is 13.4. The lowest BCUT2D eigenvalue weighted by Crippen LogP contribution is -2.30. The molecular weight excluding hydrogens is 448 g/mol. The number of carbonyl (C=O) groups excluding carboxylic acids is 1.